The first-order valence-electron chi connectivity index (χ1n) is 14.3. The van der Waals surface area contributed by atoms with Crippen molar-refractivity contribution in [1.82, 2.24) is 4.90 Å². The zero-order chi connectivity index (χ0) is 30.5. The number of fused-ring (bicyclic) bond motifs is 1. The molecule has 0 atom stereocenters. The summed E-state index contributed by atoms with van der Waals surface area (Å²) in [4.78, 5) is 27.6. The van der Waals surface area contributed by atoms with Gasteiger partial charge in [0, 0.05) is 0 Å². The van der Waals surface area contributed by atoms with Gasteiger partial charge in [0.1, 0.15) is 19.0 Å². The summed E-state index contributed by atoms with van der Waals surface area (Å²) in [6, 6.07) is 24.2. The summed E-state index contributed by atoms with van der Waals surface area (Å²) >= 11 is 4.56. The van der Waals surface area contributed by atoms with E-state index in [0.717, 1.165) is 50.5 Å². The van der Waals surface area contributed by atoms with E-state index in [0.29, 0.717) is 40.0 Å². The molecule has 1 saturated heterocycles. The van der Waals surface area contributed by atoms with Crippen LogP contribution < -0.4 is 14.2 Å². The third-order valence-corrected chi connectivity index (χ3v) is 8.61. The van der Waals surface area contributed by atoms with Gasteiger partial charge in [-0.3, -0.25) is 14.5 Å². The summed E-state index contributed by atoms with van der Waals surface area (Å²) in [5, 5.41) is 1.97. The number of hydrogen-bond donors (Lipinski definition) is 0. The lowest BCUT2D eigenvalue weighted by Gasteiger charge is -2.17. The number of imide groups is 1. The molecule has 1 fully saturated rings. The molecule has 1 heterocycles. The van der Waals surface area contributed by atoms with E-state index in [1.807, 2.05) is 50.2 Å². The first-order valence-corrected chi connectivity index (χ1v) is 15.9. The molecular weight excluding hydrogens is 626 g/mol. The summed E-state index contributed by atoms with van der Waals surface area (Å²) in [5.74, 6) is 1.88. The summed E-state index contributed by atoms with van der Waals surface area (Å²) < 4.78 is 18.9. The number of carbonyl (C=O) groups is 2. The molecule has 8 heteroatoms. The minimum Gasteiger partial charge on any atom is -0.491 e. The second kappa shape index (κ2) is 13.7. The standard InChI is InChI=1S/C35H34BrNO5S/c1-5-40-31-19-24(18-29(36)33(31)42-21-26-11-8-10-25-9-6-7-12-28(25)26)20-32-34(38)37(35(39)43-32)15-16-41-30-17-23(4)13-14-27(30)22(2)3/h6-14,17-20,22H,5,15-16,21H2,1-4H3/b32-20-. The summed E-state index contributed by atoms with van der Waals surface area (Å²) in [7, 11) is 0. The van der Waals surface area contributed by atoms with Gasteiger partial charge in [0.2, 0.25) is 0 Å². The molecular formula is C35H34BrNO5S. The fraction of sp³-hybridized carbons (Fsp3) is 0.257. The number of halogens is 1. The average Bonchev–Trinajstić information content (AvgIpc) is 3.24. The molecule has 6 nitrogen and oxygen atoms in total. The fourth-order valence-corrected chi connectivity index (χ4v) is 6.42. The predicted octanol–water partition coefficient (Wildman–Crippen LogP) is 9.13. The molecule has 0 aliphatic carbocycles. The van der Waals surface area contributed by atoms with Crippen molar-refractivity contribution >= 4 is 55.7 Å². The van der Waals surface area contributed by atoms with Crippen molar-refractivity contribution in [2.24, 2.45) is 0 Å². The monoisotopic (exact) mass is 659 g/mol. The molecule has 0 saturated carbocycles. The molecule has 1 aliphatic rings. The van der Waals surface area contributed by atoms with Crippen LogP contribution in [-0.4, -0.2) is 35.8 Å². The number of hydrogen-bond acceptors (Lipinski definition) is 6. The van der Waals surface area contributed by atoms with Crippen LogP contribution >= 0.6 is 27.7 Å². The van der Waals surface area contributed by atoms with Crippen LogP contribution in [0.25, 0.3) is 16.8 Å². The van der Waals surface area contributed by atoms with Crippen LogP contribution in [0.3, 0.4) is 0 Å². The van der Waals surface area contributed by atoms with Gasteiger partial charge in [-0.25, -0.2) is 0 Å². The van der Waals surface area contributed by atoms with Crippen molar-refractivity contribution in [2.45, 2.75) is 40.2 Å². The van der Waals surface area contributed by atoms with Crippen LogP contribution in [0, 0.1) is 6.92 Å². The van der Waals surface area contributed by atoms with Crippen LogP contribution in [0.2, 0.25) is 0 Å². The third-order valence-electron chi connectivity index (χ3n) is 7.12. The van der Waals surface area contributed by atoms with Gasteiger partial charge in [-0.15, -0.1) is 0 Å². The van der Waals surface area contributed by atoms with E-state index in [9.17, 15) is 9.59 Å². The molecule has 0 N–H and O–H groups in total. The second-order valence-electron chi connectivity index (χ2n) is 10.6. The van der Waals surface area contributed by atoms with E-state index >= 15 is 0 Å². The highest BCUT2D eigenvalue weighted by Gasteiger charge is 2.35. The van der Waals surface area contributed by atoms with Crippen molar-refractivity contribution in [2.75, 3.05) is 19.8 Å². The number of thioether (sulfide) groups is 1. The van der Waals surface area contributed by atoms with Crippen molar-refractivity contribution in [1.29, 1.82) is 0 Å². The normalized spacial score (nSPS) is 14.3. The first kappa shape index (κ1) is 30.7. The van der Waals surface area contributed by atoms with E-state index in [4.69, 9.17) is 14.2 Å². The lowest BCUT2D eigenvalue weighted by atomic mass is 10.0. The molecule has 2 amide bonds. The highest BCUT2D eigenvalue weighted by molar-refractivity contribution is 9.10. The Morgan fingerprint density at radius 3 is 2.51 bits per heavy atom. The highest BCUT2D eigenvalue weighted by Crippen LogP contribution is 2.40. The van der Waals surface area contributed by atoms with Gasteiger partial charge in [0.25, 0.3) is 11.1 Å². The lowest BCUT2D eigenvalue weighted by Crippen LogP contribution is -2.32. The van der Waals surface area contributed by atoms with Crippen molar-refractivity contribution < 1.29 is 23.8 Å². The Hall–Kier alpha value is -3.75. The van der Waals surface area contributed by atoms with Gasteiger partial charge < -0.3 is 14.2 Å². The molecule has 0 bridgehead atoms. The van der Waals surface area contributed by atoms with Gasteiger partial charge in [-0.2, -0.15) is 0 Å². The van der Waals surface area contributed by atoms with Crippen molar-refractivity contribution in [3.05, 3.63) is 104 Å². The summed E-state index contributed by atoms with van der Waals surface area (Å²) in [6.07, 6.45) is 1.71. The van der Waals surface area contributed by atoms with E-state index in [-0.39, 0.29) is 24.3 Å². The quantitative estimate of drug-likeness (QED) is 0.150. The van der Waals surface area contributed by atoms with Crippen LogP contribution in [0.4, 0.5) is 4.79 Å². The Morgan fingerprint density at radius 2 is 1.72 bits per heavy atom. The van der Waals surface area contributed by atoms with E-state index in [1.165, 1.54) is 4.90 Å². The number of carbonyl (C=O) groups excluding carboxylic acids is 2. The molecule has 43 heavy (non-hydrogen) atoms. The van der Waals surface area contributed by atoms with Crippen LogP contribution in [0.15, 0.2) is 82.2 Å². The van der Waals surface area contributed by atoms with Gasteiger partial charge >= 0.3 is 0 Å². The molecule has 0 radical (unpaired) electrons. The minimum absolute atomic E-state index is 0.169. The SMILES string of the molecule is CCOc1cc(/C=C2\SC(=O)N(CCOc3cc(C)ccc3C(C)C)C2=O)cc(Br)c1OCc1cccc2ccccc12. The fourth-order valence-electron chi connectivity index (χ4n) is 4.98. The Balaban J connectivity index is 1.30. The van der Waals surface area contributed by atoms with Crippen molar-refractivity contribution in [3.63, 3.8) is 0 Å². The summed E-state index contributed by atoms with van der Waals surface area (Å²) in [6.45, 7) is 9.33. The third kappa shape index (κ3) is 7.08. The number of benzene rings is 4. The average molecular weight is 661 g/mol. The number of nitrogens with zero attached hydrogens (tertiary/aromatic N) is 1. The van der Waals surface area contributed by atoms with Gasteiger partial charge in [0.15, 0.2) is 11.5 Å². The largest absolute Gasteiger partial charge is 0.491 e. The molecule has 0 aromatic heterocycles. The van der Waals surface area contributed by atoms with E-state index < -0.39 is 0 Å². The zero-order valence-electron chi connectivity index (χ0n) is 24.7. The lowest BCUT2D eigenvalue weighted by molar-refractivity contribution is -0.123. The first-order chi connectivity index (χ1) is 20.7. The predicted molar refractivity (Wildman–Crippen MR) is 177 cm³/mol. The molecule has 0 unspecified atom stereocenters. The zero-order valence-corrected chi connectivity index (χ0v) is 27.1. The van der Waals surface area contributed by atoms with Crippen LogP contribution in [0.1, 0.15) is 48.9 Å². The highest BCUT2D eigenvalue weighted by atomic mass is 79.9. The van der Waals surface area contributed by atoms with Gasteiger partial charge in [-0.1, -0.05) is 68.4 Å². The van der Waals surface area contributed by atoms with Crippen molar-refractivity contribution in [3.8, 4) is 17.2 Å². The molecule has 0 spiro atoms. The number of ether oxygens (including phenoxy) is 3. The molecule has 5 rings (SSSR count). The molecule has 4 aromatic carbocycles. The number of aryl methyl sites for hydroxylation is 1. The maximum absolute atomic E-state index is 13.2. The maximum atomic E-state index is 13.2. The van der Waals surface area contributed by atoms with E-state index in [2.05, 4.69) is 66.2 Å². The Kier molecular flexibility index (Phi) is 9.78. The Labute approximate surface area is 265 Å². The minimum atomic E-state index is -0.336. The van der Waals surface area contributed by atoms with E-state index in [1.54, 1.807) is 6.08 Å². The number of rotatable bonds is 11. The molecule has 1 aliphatic heterocycles. The summed E-state index contributed by atoms with van der Waals surface area (Å²) in [5.41, 5.74) is 3.98. The number of amides is 2. The maximum Gasteiger partial charge on any atom is 0.293 e. The molecule has 4 aromatic rings. The van der Waals surface area contributed by atoms with Crippen LogP contribution in [0.5, 0.6) is 17.2 Å². The Morgan fingerprint density at radius 1 is 0.930 bits per heavy atom. The van der Waals surface area contributed by atoms with Gasteiger partial charge in [-0.05, 0) is 105 Å². The smallest absolute Gasteiger partial charge is 0.293 e. The van der Waals surface area contributed by atoms with Crippen LogP contribution in [-0.2, 0) is 11.4 Å². The topological polar surface area (TPSA) is 65.1 Å². The molecule has 222 valence electrons. The second-order valence-corrected chi connectivity index (χ2v) is 12.4. The Bertz CT molecular complexity index is 1690. The van der Waals surface area contributed by atoms with Gasteiger partial charge in [0.05, 0.1) is 22.5 Å².